The molecule has 0 aromatic rings. The normalized spacial score (nSPS) is 53.3. The minimum atomic E-state index is -2.41. The van der Waals surface area contributed by atoms with Crippen molar-refractivity contribution in [1.29, 1.82) is 0 Å². The fraction of sp³-hybridized carbons (Fsp3) is 1.00. The average molecular weight is 523 g/mol. The lowest BCUT2D eigenvalue weighted by atomic mass is 9.97. The maximum Gasteiger partial charge on any atom is 0.187 e. The molecule has 0 amide bonds. The first-order chi connectivity index (χ1) is 16.7. The highest BCUT2D eigenvalue weighted by atomic mass is 16.7. The van der Waals surface area contributed by atoms with E-state index in [9.17, 15) is 35.7 Å². The van der Waals surface area contributed by atoms with Gasteiger partial charge >= 0.3 is 0 Å². The summed E-state index contributed by atoms with van der Waals surface area (Å²) in [5.74, 6) is 0. The average Bonchev–Trinajstić information content (AvgIpc) is 2.87. The first-order valence-electron chi connectivity index (χ1n) is 11.0. The van der Waals surface area contributed by atoms with Gasteiger partial charge in [0.15, 0.2) is 18.9 Å². The highest BCUT2D eigenvalue weighted by Gasteiger charge is 2.50. The Kier molecular flexibility index (Phi) is 10.9. The number of hydrogen-bond acceptors (Lipinski definition) is 17. The predicted octanol–water partition coefficient (Wildman–Crippen LogP) is -8.62. The number of ether oxygens (including phenoxy) is 4. The van der Waals surface area contributed by atoms with Gasteiger partial charge in [-0.3, -0.25) is 0 Å². The summed E-state index contributed by atoms with van der Waals surface area (Å²) in [5, 5.41) is 121. The van der Waals surface area contributed by atoms with Crippen molar-refractivity contribution in [2.24, 2.45) is 0 Å². The Bertz CT molecular complexity index is 671. The molecule has 17 heteroatoms. The fourth-order valence-corrected chi connectivity index (χ4v) is 3.54. The van der Waals surface area contributed by atoms with Gasteiger partial charge in [-0.05, 0) is 0 Å². The van der Waals surface area contributed by atoms with Gasteiger partial charge in [0, 0.05) is 0 Å². The molecule has 0 aliphatic carbocycles. The molecule has 0 radical (unpaired) electrons. The van der Waals surface area contributed by atoms with E-state index in [1.54, 1.807) is 0 Å². The topological polar surface area (TPSA) is 300 Å². The van der Waals surface area contributed by atoms with Crippen molar-refractivity contribution < 1.29 is 86.7 Å². The van der Waals surface area contributed by atoms with E-state index in [0.717, 1.165) is 0 Å². The van der Waals surface area contributed by atoms with Crippen molar-refractivity contribution in [3.63, 3.8) is 0 Å². The fourth-order valence-electron chi connectivity index (χ4n) is 3.54. The lowest BCUT2D eigenvalue weighted by molar-refractivity contribution is -0.355. The van der Waals surface area contributed by atoms with E-state index < -0.39 is 112 Å². The maximum absolute atomic E-state index is 9.96. The molecule has 0 bridgehead atoms. The maximum atomic E-state index is 9.96. The standard InChI is InChI=1S/C12H22O11.C6H12O6/c13-1-3-5(15)6(16)9(19)12(22-3)23-10-4(2-14)21-11(20)8(18)7(10)17;7-1-2-3(8)4(9)5(10)6(11)12-2/h3-20H,1-2H2;2-11H,1H2/t3-,4-,5+,6+,7-,8-,9-,10-,11-,12+;2-,3-,4+,5-,6?/m11/s1/i3D;. The van der Waals surface area contributed by atoms with Gasteiger partial charge < -0.3 is 85.3 Å². The zero-order valence-electron chi connectivity index (χ0n) is 19.2. The van der Waals surface area contributed by atoms with Crippen molar-refractivity contribution in [2.75, 3.05) is 19.8 Å². The summed E-state index contributed by atoms with van der Waals surface area (Å²) < 4.78 is 27.4. The number of rotatable bonds is 5. The summed E-state index contributed by atoms with van der Waals surface area (Å²) in [7, 11) is 0. The highest BCUT2D eigenvalue weighted by Crippen LogP contribution is 2.28. The quantitative estimate of drug-likeness (QED) is 0.159. The van der Waals surface area contributed by atoms with E-state index in [1.165, 1.54) is 0 Å². The molecular formula is C18H34O17. The molecule has 1 unspecified atom stereocenters. The zero-order chi connectivity index (χ0) is 27.5. The summed E-state index contributed by atoms with van der Waals surface area (Å²) in [6.07, 6.45) is -25.1. The Morgan fingerprint density at radius 3 is 1.51 bits per heavy atom. The predicted molar refractivity (Wildman–Crippen MR) is 105 cm³/mol. The molecule has 3 rings (SSSR count). The van der Waals surface area contributed by atoms with Crippen LogP contribution in [-0.2, 0) is 18.9 Å². The number of aliphatic hydroxyl groups is 13. The van der Waals surface area contributed by atoms with Crippen LogP contribution in [0.5, 0.6) is 0 Å². The molecule has 3 heterocycles. The monoisotopic (exact) mass is 523 g/mol. The lowest BCUT2D eigenvalue weighted by Gasteiger charge is -2.45. The van der Waals surface area contributed by atoms with E-state index >= 15 is 0 Å². The molecule has 3 aliphatic rings. The molecule has 208 valence electrons. The van der Waals surface area contributed by atoms with E-state index in [2.05, 4.69) is 4.74 Å². The number of hydrogen-bond donors (Lipinski definition) is 13. The van der Waals surface area contributed by atoms with Gasteiger partial charge in [-0.15, -0.1) is 0 Å². The van der Waals surface area contributed by atoms with Crippen LogP contribution in [0.15, 0.2) is 0 Å². The first kappa shape index (κ1) is 28.9. The Hall–Kier alpha value is -0.680. The van der Waals surface area contributed by atoms with Crippen LogP contribution in [0.4, 0.5) is 0 Å². The van der Waals surface area contributed by atoms with Gasteiger partial charge in [0.1, 0.15) is 73.2 Å². The third-order valence-electron chi connectivity index (χ3n) is 5.70. The van der Waals surface area contributed by atoms with Crippen LogP contribution in [0.2, 0.25) is 0 Å². The van der Waals surface area contributed by atoms with Crippen LogP contribution in [0, 0.1) is 0 Å². The van der Waals surface area contributed by atoms with Gasteiger partial charge in [0.25, 0.3) is 0 Å². The molecule has 17 nitrogen and oxygen atoms in total. The third-order valence-corrected chi connectivity index (χ3v) is 5.70. The van der Waals surface area contributed by atoms with E-state index in [0.29, 0.717) is 0 Å². The molecule has 3 fully saturated rings. The molecule has 13 N–H and O–H groups in total. The van der Waals surface area contributed by atoms with Gasteiger partial charge in [-0.2, -0.15) is 0 Å². The molecule has 3 saturated heterocycles. The minimum Gasteiger partial charge on any atom is -0.394 e. The SMILES string of the molecule is OC[C@H]1OC(O)[C@H](O)[C@@H](O)[C@@H]1O.[2H][C@]1(CO)O[C@@H](O[C@H]2[C@H](O)[C@@H](O)[C@H](O)O[C@@H]2CO)[C@H](O)[C@@H](O)[C@H]1O. The summed E-state index contributed by atoms with van der Waals surface area (Å²) in [4.78, 5) is 0. The van der Waals surface area contributed by atoms with Gasteiger partial charge in [-0.25, -0.2) is 0 Å². The Morgan fingerprint density at radius 2 is 1.00 bits per heavy atom. The summed E-state index contributed by atoms with van der Waals surface area (Å²) >= 11 is 0. The van der Waals surface area contributed by atoms with Crippen molar-refractivity contribution >= 4 is 0 Å². The highest BCUT2D eigenvalue weighted by molar-refractivity contribution is 4.93. The molecule has 3 aliphatic heterocycles. The van der Waals surface area contributed by atoms with E-state index in [4.69, 9.17) is 46.2 Å². The van der Waals surface area contributed by atoms with E-state index in [-0.39, 0.29) is 0 Å². The van der Waals surface area contributed by atoms with Gasteiger partial charge in [-0.1, -0.05) is 0 Å². The van der Waals surface area contributed by atoms with Crippen LogP contribution in [-0.4, -0.2) is 178 Å². The van der Waals surface area contributed by atoms with Gasteiger partial charge in [0.05, 0.1) is 21.2 Å². The molecular weight excluding hydrogens is 488 g/mol. The van der Waals surface area contributed by atoms with E-state index in [1.807, 2.05) is 0 Å². The molecule has 35 heavy (non-hydrogen) atoms. The molecule has 0 saturated carbocycles. The Balaban J connectivity index is 0.000000319. The third kappa shape index (κ3) is 6.80. The second-order valence-electron chi connectivity index (χ2n) is 8.09. The molecule has 0 aromatic heterocycles. The lowest BCUT2D eigenvalue weighted by Crippen LogP contribution is -2.64. The second-order valence-corrected chi connectivity index (χ2v) is 8.09. The minimum absolute atomic E-state index is 0.526. The van der Waals surface area contributed by atoms with Crippen LogP contribution < -0.4 is 0 Å². The Morgan fingerprint density at radius 1 is 0.514 bits per heavy atom. The first-order valence-corrected chi connectivity index (χ1v) is 10.5. The smallest absolute Gasteiger partial charge is 0.187 e. The van der Waals surface area contributed by atoms with Crippen LogP contribution in [0.3, 0.4) is 0 Å². The second kappa shape index (κ2) is 13.2. The Labute approximate surface area is 199 Å². The van der Waals surface area contributed by atoms with Crippen molar-refractivity contribution in [1.82, 2.24) is 0 Å². The summed E-state index contributed by atoms with van der Waals surface area (Å²) in [6, 6.07) is 0. The van der Waals surface area contributed by atoms with Crippen LogP contribution in [0.1, 0.15) is 1.37 Å². The van der Waals surface area contributed by atoms with Crippen molar-refractivity contribution in [2.45, 2.75) is 92.1 Å². The molecule has 0 aromatic carbocycles. The summed E-state index contributed by atoms with van der Waals surface area (Å²) in [6.45, 7) is -2.29. The summed E-state index contributed by atoms with van der Waals surface area (Å²) in [5.41, 5.74) is 0. The molecule has 15 atom stereocenters. The van der Waals surface area contributed by atoms with Gasteiger partial charge in [0.2, 0.25) is 0 Å². The largest absolute Gasteiger partial charge is 0.394 e. The van der Waals surface area contributed by atoms with Crippen LogP contribution in [0.25, 0.3) is 0 Å². The molecule has 0 spiro atoms. The zero-order valence-corrected chi connectivity index (χ0v) is 18.2. The van der Waals surface area contributed by atoms with Crippen molar-refractivity contribution in [3.8, 4) is 0 Å². The number of aliphatic hydroxyl groups excluding tert-OH is 13. The van der Waals surface area contributed by atoms with Crippen molar-refractivity contribution in [3.05, 3.63) is 0 Å². The van der Waals surface area contributed by atoms with Crippen LogP contribution >= 0.6 is 0 Å².